The van der Waals surface area contributed by atoms with E-state index in [2.05, 4.69) is 50.1 Å². The third-order valence-corrected chi connectivity index (χ3v) is 4.63. The number of rotatable bonds is 3. The smallest absolute Gasteiger partial charge is 0.134 e. The molecule has 0 saturated heterocycles. The second kappa shape index (κ2) is 6.08. The molecule has 0 fully saturated rings. The minimum absolute atomic E-state index is 0.441. The summed E-state index contributed by atoms with van der Waals surface area (Å²) in [7, 11) is 0. The van der Waals surface area contributed by atoms with Crippen LogP contribution >= 0.6 is 31.9 Å². The highest BCUT2D eigenvalue weighted by atomic mass is 79.9. The Labute approximate surface area is 140 Å². The molecule has 0 aromatic heterocycles. The van der Waals surface area contributed by atoms with E-state index in [1.54, 1.807) is 0 Å². The summed E-state index contributed by atoms with van der Waals surface area (Å²) < 4.78 is 7.85. The van der Waals surface area contributed by atoms with Gasteiger partial charge in [-0.3, -0.25) is 0 Å². The van der Waals surface area contributed by atoms with Crippen LogP contribution in [0.3, 0.4) is 0 Å². The first kappa shape index (κ1) is 14.4. The number of fused-ring (bicyclic) bond motifs is 1. The van der Waals surface area contributed by atoms with Gasteiger partial charge in [-0.05, 0) is 44.9 Å². The summed E-state index contributed by atoms with van der Waals surface area (Å²) in [5.74, 6) is 0.816. The van der Waals surface area contributed by atoms with Crippen molar-refractivity contribution in [1.29, 1.82) is 0 Å². The van der Waals surface area contributed by atoms with Crippen molar-refractivity contribution >= 4 is 48.3 Å². The van der Waals surface area contributed by atoms with Crippen LogP contribution in [-0.2, 0) is 6.61 Å². The summed E-state index contributed by atoms with van der Waals surface area (Å²) in [6, 6.07) is 18.0. The largest absolute Gasteiger partial charge is 0.488 e. The van der Waals surface area contributed by atoms with E-state index in [0.29, 0.717) is 6.61 Å². The molecule has 0 radical (unpaired) electrons. The summed E-state index contributed by atoms with van der Waals surface area (Å²) in [5.41, 5.74) is 7.69. The number of benzene rings is 3. The highest BCUT2D eigenvalue weighted by molar-refractivity contribution is 9.11. The SMILES string of the molecule is Nc1cc(Br)ccc1COc1ccc2ccccc2c1Br. The van der Waals surface area contributed by atoms with Crippen LogP contribution < -0.4 is 10.5 Å². The van der Waals surface area contributed by atoms with E-state index in [1.165, 1.54) is 5.39 Å². The summed E-state index contributed by atoms with van der Waals surface area (Å²) in [6.07, 6.45) is 0. The van der Waals surface area contributed by atoms with Gasteiger partial charge in [-0.25, -0.2) is 0 Å². The van der Waals surface area contributed by atoms with Gasteiger partial charge < -0.3 is 10.5 Å². The molecule has 3 aromatic rings. The predicted molar refractivity (Wildman–Crippen MR) is 94.5 cm³/mol. The second-order valence-corrected chi connectivity index (χ2v) is 6.44. The molecule has 21 heavy (non-hydrogen) atoms. The molecule has 2 nitrogen and oxygen atoms in total. The molecule has 0 unspecified atom stereocenters. The molecule has 0 aliphatic carbocycles. The molecule has 0 bridgehead atoms. The van der Waals surface area contributed by atoms with E-state index in [0.717, 1.165) is 31.3 Å². The lowest BCUT2D eigenvalue weighted by Crippen LogP contribution is -2.00. The zero-order chi connectivity index (χ0) is 14.8. The van der Waals surface area contributed by atoms with Crippen molar-refractivity contribution in [3.63, 3.8) is 0 Å². The first-order valence-electron chi connectivity index (χ1n) is 6.49. The van der Waals surface area contributed by atoms with Crippen LogP contribution in [0.1, 0.15) is 5.56 Å². The summed E-state index contributed by atoms with van der Waals surface area (Å²) in [4.78, 5) is 0. The topological polar surface area (TPSA) is 35.2 Å². The second-order valence-electron chi connectivity index (χ2n) is 4.73. The standard InChI is InChI=1S/C17H13Br2NO/c18-13-7-5-12(15(20)9-13)10-21-16-8-6-11-3-1-2-4-14(11)17(16)19/h1-9H,10,20H2. The number of anilines is 1. The van der Waals surface area contributed by atoms with Crippen molar-refractivity contribution in [1.82, 2.24) is 0 Å². The zero-order valence-electron chi connectivity index (χ0n) is 11.1. The van der Waals surface area contributed by atoms with Gasteiger partial charge in [0.1, 0.15) is 12.4 Å². The van der Waals surface area contributed by atoms with Crippen molar-refractivity contribution < 1.29 is 4.74 Å². The predicted octanol–water partition coefficient (Wildman–Crippen LogP) is 5.53. The molecule has 0 saturated carbocycles. The lowest BCUT2D eigenvalue weighted by molar-refractivity contribution is 0.305. The molecule has 0 aliphatic heterocycles. The lowest BCUT2D eigenvalue weighted by atomic mass is 10.1. The molecule has 0 heterocycles. The van der Waals surface area contributed by atoms with E-state index in [4.69, 9.17) is 10.5 Å². The Morgan fingerprint density at radius 1 is 0.952 bits per heavy atom. The van der Waals surface area contributed by atoms with E-state index < -0.39 is 0 Å². The number of nitrogen functional groups attached to an aromatic ring is 1. The molecule has 4 heteroatoms. The summed E-state index contributed by atoms with van der Waals surface area (Å²) >= 11 is 7.02. The highest BCUT2D eigenvalue weighted by Crippen LogP contribution is 2.33. The van der Waals surface area contributed by atoms with Crippen molar-refractivity contribution in [3.05, 3.63) is 69.1 Å². The molecule has 3 aromatic carbocycles. The maximum Gasteiger partial charge on any atom is 0.134 e. The average molecular weight is 407 g/mol. The van der Waals surface area contributed by atoms with Gasteiger partial charge in [-0.1, -0.05) is 52.3 Å². The van der Waals surface area contributed by atoms with E-state index in [-0.39, 0.29) is 0 Å². The maximum absolute atomic E-state index is 5.99. The molecular formula is C17H13Br2NO. The van der Waals surface area contributed by atoms with Crippen LogP contribution in [0.2, 0.25) is 0 Å². The molecule has 2 N–H and O–H groups in total. The van der Waals surface area contributed by atoms with Crippen LogP contribution in [0.15, 0.2) is 63.5 Å². The fourth-order valence-corrected chi connectivity index (χ4v) is 3.16. The number of hydrogen-bond donors (Lipinski definition) is 1. The van der Waals surface area contributed by atoms with E-state index in [9.17, 15) is 0 Å². The van der Waals surface area contributed by atoms with Gasteiger partial charge in [0.05, 0.1) is 4.47 Å². The Morgan fingerprint density at radius 2 is 1.76 bits per heavy atom. The Hall–Kier alpha value is -1.52. The molecule has 0 spiro atoms. The fourth-order valence-electron chi connectivity index (χ4n) is 2.18. The maximum atomic E-state index is 5.99. The van der Waals surface area contributed by atoms with E-state index >= 15 is 0 Å². The van der Waals surface area contributed by atoms with Crippen LogP contribution in [0.25, 0.3) is 10.8 Å². The van der Waals surface area contributed by atoms with Gasteiger partial charge in [-0.15, -0.1) is 0 Å². The third kappa shape index (κ3) is 3.06. The van der Waals surface area contributed by atoms with Crippen LogP contribution in [0.5, 0.6) is 5.75 Å². The van der Waals surface area contributed by atoms with Crippen LogP contribution in [0.4, 0.5) is 5.69 Å². The molecular weight excluding hydrogens is 394 g/mol. The molecule has 106 valence electrons. The van der Waals surface area contributed by atoms with Gasteiger partial charge in [0, 0.05) is 15.7 Å². The monoisotopic (exact) mass is 405 g/mol. The summed E-state index contributed by atoms with van der Waals surface area (Å²) in [6.45, 7) is 0.441. The highest BCUT2D eigenvalue weighted by Gasteiger charge is 2.07. The number of halogens is 2. The number of ether oxygens (including phenoxy) is 1. The number of nitrogens with two attached hydrogens (primary N) is 1. The van der Waals surface area contributed by atoms with Gasteiger partial charge >= 0.3 is 0 Å². The van der Waals surface area contributed by atoms with Gasteiger partial charge in [-0.2, -0.15) is 0 Å². The Bertz CT molecular complexity index is 802. The van der Waals surface area contributed by atoms with Gasteiger partial charge in [0.2, 0.25) is 0 Å². The number of hydrogen-bond acceptors (Lipinski definition) is 2. The molecule has 3 rings (SSSR count). The lowest BCUT2D eigenvalue weighted by Gasteiger charge is -2.12. The van der Waals surface area contributed by atoms with Crippen molar-refractivity contribution in [2.24, 2.45) is 0 Å². The quantitative estimate of drug-likeness (QED) is 0.580. The molecule has 0 aliphatic rings. The first-order chi connectivity index (χ1) is 10.1. The summed E-state index contributed by atoms with van der Waals surface area (Å²) in [5, 5.41) is 2.32. The van der Waals surface area contributed by atoms with Crippen LogP contribution in [-0.4, -0.2) is 0 Å². The molecule has 0 amide bonds. The zero-order valence-corrected chi connectivity index (χ0v) is 14.3. The van der Waals surface area contributed by atoms with Crippen molar-refractivity contribution in [3.8, 4) is 5.75 Å². The van der Waals surface area contributed by atoms with Crippen molar-refractivity contribution in [2.75, 3.05) is 5.73 Å². The fraction of sp³-hybridized carbons (Fsp3) is 0.0588. The van der Waals surface area contributed by atoms with Crippen LogP contribution in [0, 0.1) is 0 Å². The van der Waals surface area contributed by atoms with Crippen molar-refractivity contribution in [2.45, 2.75) is 6.61 Å². The first-order valence-corrected chi connectivity index (χ1v) is 8.08. The normalized spacial score (nSPS) is 10.8. The molecule has 0 atom stereocenters. The van der Waals surface area contributed by atoms with Gasteiger partial charge in [0.25, 0.3) is 0 Å². The Kier molecular flexibility index (Phi) is 4.17. The Balaban J connectivity index is 1.87. The van der Waals surface area contributed by atoms with Gasteiger partial charge in [0.15, 0.2) is 0 Å². The minimum atomic E-state index is 0.441. The minimum Gasteiger partial charge on any atom is -0.488 e. The average Bonchev–Trinajstić information content (AvgIpc) is 2.48. The Morgan fingerprint density at radius 3 is 2.57 bits per heavy atom. The third-order valence-electron chi connectivity index (χ3n) is 3.32. The van der Waals surface area contributed by atoms with E-state index in [1.807, 2.05) is 36.4 Å².